The van der Waals surface area contributed by atoms with Crippen LogP contribution in [0.4, 0.5) is 0 Å². The van der Waals surface area contributed by atoms with Crippen molar-refractivity contribution < 1.29 is 13.6 Å². The predicted molar refractivity (Wildman–Crippen MR) is 141 cm³/mol. The SMILES string of the molecule is CC(C)(C)[Si](C)(C)OC[C@H]1O[C@@H](n2ccc(=O)[nH]c2=O)C(Br)(Br)[C@@H]1O[Si](C)(C)C(C)(C)C. The van der Waals surface area contributed by atoms with Gasteiger partial charge in [0.05, 0.1) is 6.61 Å². The Hall–Kier alpha value is -0.0462. The quantitative estimate of drug-likeness (QED) is 0.346. The Labute approximate surface area is 210 Å². The Morgan fingerprint density at radius 1 is 1.06 bits per heavy atom. The van der Waals surface area contributed by atoms with Gasteiger partial charge in [-0.05, 0) is 36.3 Å². The lowest BCUT2D eigenvalue weighted by Crippen LogP contribution is -2.52. The molecule has 0 bridgehead atoms. The van der Waals surface area contributed by atoms with Crippen LogP contribution in [0.3, 0.4) is 0 Å². The maximum absolute atomic E-state index is 12.6. The Morgan fingerprint density at radius 3 is 2.06 bits per heavy atom. The van der Waals surface area contributed by atoms with Gasteiger partial charge in [-0.25, -0.2) is 4.79 Å². The summed E-state index contributed by atoms with van der Waals surface area (Å²) in [4.78, 5) is 26.4. The van der Waals surface area contributed by atoms with Crippen molar-refractivity contribution in [2.75, 3.05) is 6.61 Å². The van der Waals surface area contributed by atoms with Gasteiger partial charge in [-0.2, -0.15) is 0 Å². The third-order valence-corrected chi connectivity index (χ3v) is 17.7. The summed E-state index contributed by atoms with van der Waals surface area (Å²) < 4.78 is 20.2. The fourth-order valence-corrected chi connectivity index (χ4v) is 6.98. The van der Waals surface area contributed by atoms with Crippen LogP contribution in [0.1, 0.15) is 47.8 Å². The zero-order valence-electron chi connectivity index (χ0n) is 20.8. The van der Waals surface area contributed by atoms with E-state index in [1.54, 1.807) is 0 Å². The van der Waals surface area contributed by atoms with E-state index in [2.05, 4.69) is 105 Å². The van der Waals surface area contributed by atoms with E-state index in [1.165, 1.54) is 16.8 Å². The highest BCUT2D eigenvalue weighted by molar-refractivity contribution is 9.25. The fourth-order valence-electron chi connectivity index (χ4n) is 2.86. The van der Waals surface area contributed by atoms with Crippen LogP contribution in [-0.2, 0) is 13.6 Å². The van der Waals surface area contributed by atoms with E-state index in [9.17, 15) is 9.59 Å². The van der Waals surface area contributed by atoms with Crippen molar-refractivity contribution in [2.24, 2.45) is 0 Å². The Balaban J connectivity index is 2.46. The van der Waals surface area contributed by atoms with Crippen LogP contribution >= 0.6 is 31.9 Å². The molecule has 0 radical (unpaired) electrons. The number of aromatic nitrogens is 2. The lowest BCUT2D eigenvalue weighted by Gasteiger charge is -2.42. The van der Waals surface area contributed by atoms with Crippen LogP contribution in [0.25, 0.3) is 0 Å². The molecule has 1 saturated heterocycles. The Bertz CT molecular complexity index is 932. The van der Waals surface area contributed by atoms with Crippen molar-refractivity contribution in [3.8, 4) is 0 Å². The smallest absolute Gasteiger partial charge is 0.330 e. The summed E-state index contributed by atoms with van der Waals surface area (Å²) in [6, 6.07) is 1.31. The molecule has 1 aliphatic rings. The number of H-pyrrole nitrogens is 1. The summed E-state index contributed by atoms with van der Waals surface area (Å²) in [7, 11) is -4.23. The molecule has 0 spiro atoms. The fraction of sp³-hybridized carbons (Fsp3) is 0.810. The minimum atomic E-state index is -2.19. The third kappa shape index (κ3) is 5.77. The lowest BCUT2D eigenvalue weighted by atomic mass is 10.2. The number of hydrogen-bond donors (Lipinski definition) is 1. The number of nitrogens with zero attached hydrogens (tertiary/aromatic N) is 1. The molecule has 0 unspecified atom stereocenters. The molecule has 7 nitrogen and oxygen atoms in total. The monoisotopic (exact) mass is 612 g/mol. The van der Waals surface area contributed by atoms with E-state index >= 15 is 0 Å². The van der Waals surface area contributed by atoms with Crippen LogP contribution in [0, 0.1) is 0 Å². The summed E-state index contributed by atoms with van der Waals surface area (Å²) in [6.07, 6.45) is -0.128. The van der Waals surface area contributed by atoms with Crippen molar-refractivity contribution in [3.05, 3.63) is 33.1 Å². The highest BCUT2D eigenvalue weighted by atomic mass is 79.9. The molecule has 11 heteroatoms. The van der Waals surface area contributed by atoms with E-state index in [0.29, 0.717) is 6.61 Å². The van der Waals surface area contributed by atoms with Crippen LogP contribution in [-0.4, -0.2) is 48.2 Å². The van der Waals surface area contributed by atoms with Crippen molar-refractivity contribution in [3.63, 3.8) is 0 Å². The molecule has 0 aromatic carbocycles. The lowest BCUT2D eigenvalue weighted by molar-refractivity contribution is -0.0412. The topological polar surface area (TPSA) is 82.5 Å². The minimum absolute atomic E-state index is 0.0131. The van der Waals surface area contributed by atoms with Gasteiger partial charge in [0.1, 0.15) is 12.2 Å². The summed E-state index contributed by atoms with van der Waals surface area (Å²) in [5.74, 6) is 0. The number of nitrogens with one attached hydrogen (secondary N) is 1. The van der Waals surface area contributed by atoms with Gasteiger partial charge in [0, 0.05) is 12.3 Å². The highest BCUT2D eigenvalue weighted by Gasteiger charge is 2.58. The maximum Gasteiger partial charge on any atom is 0.330 e. The molecule has 0 amide bonds. The molecular formula is C21H38Br2N2O5Si2. The molecule has 2 heterocycles. The number of rotatable bonds is 6. The van der Waals surface area contributed by atoms with Crippen molar-refractivity contribution in [2.45, 2.75) is 99.5 Å². The Kier molecular flexibility index (Phi) is 8.10. The van der Waals surface area contributed by atoms with Gasteiger partial charge in [-0.3, -0.25) is 14.3 Å². The molecule has 1 aromatic heterocycles. The molecule has 1 fully saturated rings. The number of ether oxygens (including phenoxy) is 1. The summed E-state index contributed by atoms with van der Waals surface area (Å²) >= 11 is 7.55. The summed E-state index contributed by atoms with van der Waals surface area (Å²) in [5, 5.41) is 0.0391. The molecule has 32 heavy (non-hydrogen) atoms. The molecule has 2 rings (SSSR count). The zero-order valence-corrected chi connectivity index (χ0v) is 26.0. The molecule has 0 saturated carbocycles. The standard InChI is InChI=1S/C21H38Br2N2O5Si2/c1-19(2,3)31(7,8)28-13-14-16(30-32(9,10)20(4,5)6)21(22,23)17(29-14)25-12-11-15(26)24-18(25)27/h11-12,14,16-17H,13H2,1-10H3,(H,24,26,27)/t14-,16-,17-/m1/s1. The van der Waals surface area contributed by atoms with Gasteiger partial charge >= 0.3 is 5.69 Å². The summed E-state index contributed by atoms with van der Waals surface area (Å²) in [5.41, 5.74) is -0.992. The van der Waals surface area contributed by atoms with Gasteiger partial charge in [0.25, 0.3) is 5.56 Å². The second-order valence-corrected chi connectivity index (χ2v) is 24.8. The predicted octanol–water partition coefficient (Wildman–Crippen LogP) is 5.33. The first-order valence-electron chi connectivity index (χ1n) is 10.9. The highest BCUT2D eigenvalue weighted by Crippen LogP contribution is 2.53. The molecular weight excluding hydrogens is 576 g/mol. The van der Waals surface area contributed by atoms with Gasteiger partial charge < -0.3 is 13.6 Å². The van der Waals surface area contributed by atoms with Crippen molar-refractivity contribution in [1.29, 1.82) is 0 Å². The number of halogens is 2. The largest absolute Gasteiger partial charge is 0.414 e. The molecule has 184 valence electrons. The second-order valence-electron chi connectivity index (χ2n) is 11.6. The zero-order chi connectivity index (χ0) is 24.9. The van der Waals surface area contributed by atoms with E-state index in [4.69, 9.17) is 13.6 Å². The number of alkyl halides is 2. The van der Waals surface area contributed by atoms with E-state index in [1.807, 2.05) is 0 Å². The molecule has 3 atom stereocenters. The molecule has 1 aliphatic heterocycles. The van der Waals surface area contributed by atoms with E-state index in [-0.39, 0.29) is 10.1 Å². The van der Waals surface area contributed by atoms with Crippen LogP contribution < -0.4 is 11.2 Å². The average Bonchev–Trinajstić information content (AvgIpc) is 2.82. The third-order valence-electron chi connectivity index (χ3n) is 7.10. The van der Waals surface area contributed by atoms with Crippen LogP contribution in [0.2, 0.25) is 36.3 Å². The summed E-state index contributed by atoms with van der Waals surface area (Å²) in [6.45, 7) is 22.3. The van der Waals surface area contributed by atoms with Crippen LogP contribution in [0.15, 0.2) is 21.9 Å². The maximum atomic E-state index is 12.6. The van der Waals surface area contributed by atoms with Crippen LogP contribution in [0.5, 0.6) is 0 Å². The normalized spacial score (nSPS) is 24.7. The average molecular weight is 615 g/mol. The first-order chi connectivity index (χ1) is 14.2. The first-order valence-corrected chi connectivity index (χ1v) is 18.3. The molecule has 1 aromatic rings. The van der Waals surface area contributed by atoms with E-state index < -0.39 is 49.6 Å². The van der Waals surface area contributed by atoms with Crippen molar-refractivity contribution >= 4 is 48.5 Å². The van der Waals surface area contributed by atoms with E-state index in [0.717, 1.165) is 0 Å². The number of aromatic amines is 1. The molecule has 1 N–H and O–H groups in total. The second kappa shape index (κ2) is 9.20. The molecule has 0 aliphatic carbocycles. The van der Waals surface area contributed by atoms with Gasteiger partial charge in [0.2, 0.25) is 0 Å². The van der Waals surface area contributed by atoms with Gasteiger partial charge in [-0.15, -0.1) is 0 Å². The minimum Gasteiger partial charge on any atom is -0.414 e. The number of hydrogen-bond acceptors (Lipinski definition) is 5. The van der Waals surface area contributed by atoms with Gasteiger partial charge in [-0.1, -0.05) is 73.4 Å². The van der Waals surface area contributed by atoms with Gasteiger partial charge in [0.15, 0.2) is 26.1 Å². The Morgan fingerprint density at radius 2 is 1.59 bits per heavy atom. The van der Waals surface area contributed by atoms with Crippen molar-refractivity contribution in [1.82, 2.24) is 9.55 Å². The first kappa shape index (κ1) is 28.2.